The lowest BCUT2D eigenvalue weighted by Crippen LogP contribution is -2.47. The molecule has 6 heteroatoms. The highest BCUT2D eigenvalue weighted by Gasteiger charge is 2.25. The Morgan fingerprint density at radius 2 is 2.04 bits per heavy atom. The molecule has 6 nitrogen and oxygen atoms in total. The van der Waals surface area contributed by atoms with Crippen LogP contribution in [0.15, 0.2) is 27.8 Å². The molecule has 2 N–H and O–H groups in total. The van der Waals surface area contributed by atoms with Gasteiger partial charge in [-0.3, -0.25) is 14.8 Å². The molecule has 2 aliphatic heterocycles. The van der Waals surface area contributed by atoms with Crippen LogP contribution in [-0.4, -0.2) is 68.1 Å². The summed E-state index contributed by atoms with van der Waals surface area (Å²) in [4.78, 5) is 9.57. The van der Waals surface area contributed by atoms with E-state index in [1.807, 2.05) is 13.1 Å². The number of aliphatic imine (C=N–C) groups is 1. The molecule has 0 aromatic carbocycles. The molecule has 1 aromatic rings. The van der Waals surface area contributed by atoms with Crippen LogP contribution in [0.25, 0.3) is 0 Å². The highest BCUT2D eigenvalue weighted by atomic mass is 16.3. The highest BCUT2D eigenvalue weighted by Crippen LogP contribution is 2.24. The number of hydrogen-bond acceptors (Lipinski definition) is 4. The lowest BCUT2D eigenvalue weighted by molar-refractivity contribution is 0.147. The van der Waals surface area contributed by atoms with Crippen LogP contribution in [0.4, 0.5) is 0 Å². The Labute approximate surface area is 164 Å². The predicted octanol–water partition coefficient (Wildman–Crippen LogP) is 2.85. The van der Waals surface area contributed by atoms with Gasteiger partial charge in [-0.15, -0.1) is 0 Å². The second kappa shape index (κ2) is 10.7. The number of nitrogens with zero attached hydrogens (tertiary/aromatic N) is 3. The van der Waals surface area contributed by atoms with Gasteiger partial charge in [-0.2, -0.15) is 0 Å². The van der Waals surface area contributed by atoms with Crippen molar-refractivity contribution in [3.05, 3.63) is 24.2 Å². The molecule has 2 aliphatic rings. The van der Waals surface area contributed by atoms with Crippen molar-refractivity contribution in [1.29, 1.82) is 0 Å². The fourth-order valence-electron chi connectivity index (χ4n) is 4.49. The van der Waals surface area contributed by atoms with Crippen LogP contribution in [0.5, 0.6) is 0 Å². The number of guanidine groups is 1. The van der Waals surface area contributed by atoms with Gasteiger partial charge in [0.15, 0.2) is 5.96 Å². The van der Waals surface area contributed by atoms with Gasteiger partial charge >= 0.3 is 0 Å². The first-order valence-electron chi connectivity index (χ1n) is 10.8. The molecule has 0 amide bonds. The minimum Gasteiger partial charge on any atom is -0.468 e. The van der Waals surface area contributed by atoms with E-state index in [9.17, 15) is 0 Å². The summed E-state index contributed by atoms with van der Waals surface area (Å²) < 4.78 is 5.71. The molecule has 0 saturated carbocycles. The molecule has 152 valence electrons. The van der Waals surface area contributed by atoms with Gasteiger partial charge in [0.1, 0.15) is 5.76 Å². The van der Waals surface area contributed by atoms with Gasteiger partial charge in [-0.1, -0.05) is 13.3 Å². The van der Waals surface area contributed by atoms with Crippen LogP contribution in [-0.2, 0) is 0 Å². The molecule has 0 aliphatic carbocycles. The lowest BCUT2D eigenvalue weighted by atomic mass is 10.0. The maximum atomic E-state index is 5.71. The van der Waals surface area contributed by atoms with Gasteiger partial charge in [-0.05, 0) is 63.9 Å². The number of likely N-dealkylation sites (tertiary alicyclic amines) is 2. The zero-order valence-corrected chi connectivity index (χ0v) is 17.1. The zero-order valence-electron chi connectivity index (χ0n) is 17.1. The van der Waals surface area contributed by atoms with Crippen LogP contribution in [0.1, 0.15) is 57.3 Å². The molecular formula is C21H37N5O. The Balaban J connectivity index is 1.46. The van der Waals surface area contributed by atoms with Gasteiger partial charge in [0.05, 0.1) is 12.3 Å². The van der Waals surface area contributed by atoms with E-state index < -0.39 is 0 Å². The number of furan rings is 1. The fraction of sp³-hybridized carbons (Fsp3) is 0.762. The van der Waals surface area contributed by atoms with Crippen molar-refractivity contribution in [1.82, 2.24) is 20.4 Å². The molecule has 0 spiro atoms. The molecule has 0 radical (unpaired) electrons. The number of nitrogens with one attached hydrogen (secondary N) is 2. The molecule has 1 aromatic heterocycles. The first-order valence-corrected chi connectivity index (χ1v) is 10.8. The normalized spacial score (nSPS) is 23.5. The van der Waals surface area contributed by atoms with E-state index in [4.69, 9.17) is 4.42 Å². The minimum atomic E-state index is 0.271. The number of piperidine rings is 1. The third kappa shape index (κ3) is 5.72. The predicted molar refractivity (Wildman–Crippen MR) is 111 cm³/mol. The summed E-state index contributed by atoms with van der Waals surface area (Å²) in [6, 6.07) is 5.10. The van der Waals surface area contributed by atoms with E-state index in [1.54, 1.807) is 6.26 Å². The Hall–Kier alpha value is -1.53. The van der Waals surface area contributed by atoms with Crippen molar-refractivity contribution >= 4 is 5.96 Å². The van der Waals surface area contributed by atoms with Crippen molar-refractivity contribution in [3.8, 4) is 0 Å². The van der Waals surface area contributed by atoms with Gasteiger partial charge in [0.2, 0.25) is 0 Å². The Bertz CT molecular complexity index is 553. The monoisotopic (exact) mass is 375 g/mol. The zero-order chi connectivity index (χ0) is 18.9. The van der Waals surface area contributed by atoms with Crippen molar-refractivity contribution in [3.63, 3.8) is 0 Å². The summed E-state index contributed by atoms with van der Waals surface area (Å²) in [5, 5.41) is 7.02. The van der Waals surface area contributed by atoms with E-state index in [0.29, 0.717) is 0 Å². The van der Waals surface area contributed by atoms with Crippen LogP contribution in [0, 0.1) is 0 Å². The smallest absolute Gasteiger partial charge is 0.191 e. The molecule has 2 fully saturated rings. The molecule has 3 heterocycles. The molecule has 2 saturated heterocycles. The first kappa shape index (κ1) is 20.2. The van der Waals surface area contributed by atoms with Gasteiger partial charge < -0.3 is 15.1 Å². The number of hydrogen-bond donors (Lipinski definition) is 2. The molecule has 0 bridgehead atoms. The summed E-state index contributed by atoms with van der Waals surface area (Å²) in [6.45, 7) is 8.68. The Morgan fingerprint density at radius 1 is 1.22 bits per heavy atom. The van der Waals surface area contributed by atoms with Crippen LogP contribution in [0.3, 0.4) is 0 Å². The summed E-state index contributed by atoms with van der Waals surface area (Å²) in [6.07, 6.45) is 9.66. The highest BCUT2D eigenvalue weighted by molar-refractivity contribution is 5.79. The van der Waals surface area contributed by atoms with E-state index in [2.05, 4.69) is 38.4 Å². The van der Waals surface area contributed by atoms with Crippen molar-refractivity contribution < 1.29 is 4.42 Å². The largest absolute Gasteiger partial charge is 0.468 e. The maximum absolute atomic E-state index is 5.71. The van der Waals surface area contributed by atoms with E-state index in [-0.39, 0.29) is 6.04 Å². The third-order valence-corrected chi connectivity index (χ3v) is 6.05. The summed E-state index contributed by atoms with van der Waals surface area (Å²) in [7, 11) is 1.85. The van der Waals surface area contributed by atoms with Crippen LogP contribution >= 0.6 is 0 Å². The van der Waals surface area contributed by atoms with Crippen molar-refractivity contribution in [2.75, 3.05) is 46.3 Å². The SMILES string of the molecule is CCC1CCCCN1CCNC(=NC)NCC(c1ccco1)N1CCCC1. The average Bonchev–Trinajstić information content (AvgIpc) is 3.42. The third-order valence-electron chi connectivity index (χ3n) is 6.05. The first-order chi connectivity index (χ1) is 13.3. The minimum absolute atomic E-state index is 0.271. The average molecular weight is 376 g/mol. The van der Waals surface area contributed by atoms with Crippen molar-refractivity contribution in [2.24, 2.45) is 4.99 Å². The maximum Gasteiger partial charge on any atom is 0.191 e. The lowest BCUT2D eigenvalue weighted by Gasteiger charge is -2.35. The van der Waals surface area contributed by atoms with E-state index in [1.165, 1.54) is 45.1 Å². The van der Waals surface area contributed by atoms with Crippen LogP contribution < -0.4 is 10.6 Å². The quantitative estimate of drug-likeness (QED) is 0.540. The van der Waals surface area contributed by atoms with E-state index >= 15 is 0 Å². The summed E-state index contributed by atoms with van der Waals surface area (Å²) in [5.41, 5.74) is 0. The molecule has 2 unspecified atom stereocenters. The Kier molecular flexibility index (Phi) is 8.02. The molecule has 27 heavy (non-hydrogen) atoms. The molecule has 3 rings (SSSR count). The Morgan fingerprint density at radius 3 is 2.74 bits per heavy atom. The van der Waals surface area contributed by atoms with Gasteiger partial charge in [0, 0.05) is 32.7 Å². The fourth-order valence-corrected chi connectivity index (χ4v) is 4.49. The summed E-state index contributed by atoms with van der Waals surface area (Å²) in [5.74, 6) is 1.93. The molecular weight excluding hydrogens is 338 g/mol. The van der Waals surface area contributed by atoms with Crippen molar-refractivity contribution in [2.45, 2.75) is 57.5 Å². The summed E-state index contributed by atoms with van der Waals surface area (Å²) >= 11 is 0. The van der Waals surface area contributed by atoms with Gasteiger partial charge in [-0.25, -0.2) is 0 Å². The van der Waals surface area contributed by atoms with E-state index in [0.717, 1.165) is 50.5 Å². The topological polar surface area (TPSA) is 56.0 Å². The second-order valence-electron chi connectivity index (χ2n) is 7.75. The number of rotatable bonds is 8. The van der Waals surface area contributed by atoms with Gasteiger partial charge in [0.25, 0.3) is 0 Å². The standard InChI is InChI=1S/C21H37N5O/c1-3-18-9-4-5-12-25(18)15-11-23-21(22-2)24-17-19(20-10-8-16-27-20)26-13-6-7-14-26/h8,10,16,18-19H,3-7,9,11-15,17H2,1-2H3,(H2,22,23,24). The molecule has 2 atom stereocenters. The van der Waals surface area contributed by atoms with Crippen LogP contribution in [0.2, 0.25) is 0 Å². The second-order valence-corrected chi connectivity index (χ2v) is 7.75.